The summed E-state index contributed by atoms with van der Waals surface area (Å²) >= 11 is 1.67. The summed E-state index contributed by atoms with van der Waals surface area (Å²) in [7, 11) is 0. The van der Waals surface area contributed by atoms with Gasteiger partial charge in [0.1, 0.15) is 5.60 Å². The van der Waals surface area contributed by atoms with Gasteiger partial charge in [0.2, 0.25) is 0 Å². The summed E-state index contributed by atoms with van der Waals surface area (Å²) in [6.07, 6.45) is 4.29. The number of benzene rings is 1. The van der Waals surface area contributed by atoms with Gasteiger partial charge in [-0.2, -0.15) is 0 Å². The Kier molecular flexibility index (Phi) is 6.83. The fourth-order valence-electron chi connectivity index (χ4n) is 3.96. The van der Waals surface area contributed by atoms with Crippen molar-refractivity contribution in [3.63, 3.8) is 0 Å². The number of para-hydroxylation sites is 1. The van der Waals surface area contributed by atoms with Crippen molar-refractivity contribution in [2.45, 2.75) is 59.0 Å². The number of anilines is 2. The Morgan fingerprint density at radius 2 is 1.70 bits per heavy atom. The summed E-state index contributed by atoms with van der Waals surface area (Å²) in [4.78, 5) is 27.6. The number of thiophene rings is 1. The van der Waals surface area contributed by atoms with Crippen LogP contribution in [-0.4, -0.2) is 22.6 Å². The van der Waals surface area contributed by atoms with Crippen LogP contribution in [0.2, 0.25) is 0 Å². The zero-order valence-electron chi connectivity index (χ0n) is 18.1. The second-order valence-corrected chi connectivity index (χ2v) is 9.40. The Bertz CT molecular complexity index is 884. The predicted octanol–water partition coefficient (Wildman–Crippen LogP) is 4.74. The predicted molar refractivity (Wildman–Crippen MR) is 122 cm³/mol. The number of aryl methyl sites for hydroxylation is 1. The van der Waals surface area contributed by atoms with Crippen LogP contribution in [0.15, 0.2) is 35.7 Å². The highest BCUT2D eigenvalue weighted by atomic mass is 32.1. The van der Waals surface area contributed by atoms with Crippen LogP contribution in [0.25, 0.3) is 0 Å². The quantitative estimate of drug-likeness (QED) is 0.601. The maximum Gasteiger partial charge on any atom is 0.345 e. The van der Waals surface area contributed by atoms with Gasteiger partial charge in [-0.3, -0.25) is 10.2 Å². The molecule has 6 nitrogen and oxygen atoms in total. The molecule has 1 aliphatic rings. The molecule has 1 aromatic carbocycles. The van der Waals surface area contributed by atoms with Crippen molar-refractivity contribution in [2.75, 3.05) is 10.3 Å². The molecule has 30 heavy (non-hydrogen) atoms. The first-order valence-corrected chi connectivity index (χ1v) is 11.4. The molecule has 1 aromatic heterocycles. The topological polar surface area (TPSA) is 81.7 Å². The molecule has 0 atom stereocenters. The molecule has 0 aliphatic heterocycles. The van der Waals surface area contributed by atoms with Crippen molar-refractivity contribution in [2.24, 2.45) is 11.8 Å². The van der Waals surface area contributed by atoms with Crippen LogP contribution in [0, 0.1) is 11.8 Å². The molecule has 3 amide bonds. The molecule has 0 spiro atoms. The number of hydrazine groups is 1. The van der Waals surface area contributed by atoms with Crippen molar-refractivity contribution in [1.29, 1.82) is 0 Å². The molecular formula is C23H31N3O3S. The third-order valence-corrected chi connectivity index (χ3v) is 6.95. The number of nitrogens with one attached hydrogen (secondary N) is 2. The highest BCUT2D eigenvalue weighted by Crippen LogP contribution is 2.34. The fourth-order valence-corrected chi connectivity index (χ4v) is 5.04. The fraction of sp³-hybridized carbons (Fsp3) is 0.478. The van der Waals surface area contributed by atoms with Gasteiger partial charge in [0, 0.05) is 10.3 Å². The molecule has 0 unspecified atom stereocenters. The lowest BCUT2D eigenvalue weighted by atomic mass is 9.80. The van der Waals surface area contributed by atoms with Crippen molar-refractivity contribution in [3.05, 3.63) is 46.2 Å². The highest BCUT2D eigenvalue weighted by Gasteiger charge is 2.43. The lowest BCUT2D eigenvalue weighted by Crippen LogP contribution is -2.60. The highest BCUT2D eigenvalue weighted by molar-refractivity contribution is 7.10. The summed E-state index contributed by atoms with van der Waals surface area (Å²) in [5.74, 6) is -1.23. The zero-order valence-corrected chi connectivity index (χ0v) is 18.9. The van der Waals surface area contributed by atoms with Gasteiger partial charge >= 0.3 is 6.03 Å². The molecule has 7 heteroatoms. The molecule has 0 radical (unpaired) electrons. The standard InChI is InChI=1S/C23H31N3O3S/c1-15(2)23(29,16(3)4)21(27)25-26(17-10-6-5-7-11-17)22(28)24-19-14-30-20-13-9-8-12-18(19)20/h5-7,10-11,14-16,29H,8-9,12-13H2,1-4H3,(H,24,28)(H,25,27). The molecular weight excluding hydrogens is 398 g/mol. The number of carbonyl (C=O) groups is 2. The average Bonchev–Trinajstić information content (AvgIpc) is 3.14. The van der Waals surface area contributed by atoms with Crippen LogP contribution in [-0.2, 0) is 17.6 Å². The van der Waals surface area contributed by atoms with E-state index < -0.39 is 17.5 Å². The van der Waals surface area contributed by atoms with Crippen LogP contribution in [0.5, 0.6) is 0 Å². The van der Waals surface area contributed by atoms with E-state index in [9.17, 15) is 14.7 Å². The van der Waals surface area contributed by atoms with Gasteiger partial charge < -0.3 is 10.4 Å². The lowest BCUT2D eigenvalue weighted by Gasteiger charge is -2.36. The van der Waals surface area contributed by atoms with E-state index in [0.29, 0.717) is 5.69 Å². The minimum Gasteiger partial charge on any atom is -0.379 e. The van der Waals surface area contributed by atoms with E-state index in [-0.39, 0.29) is 11.8 Å². The monoisotopic (exact) mass is 429 g/mol. The third-order valence-electron chi connectivity index (χ3n) is 5.86. The Morgan fingerprint density at radius 1 is 1.07 bits per heavy atom. The molecule has 0 saturated carbocycles. The van der Waals surface area contributed by atoms with Crippen molar-refractivity contribution < 1.29 is 14.7 Å². The molecule has 3 N–H and O–H groups in total. The van der Waals surface area contributed by atoms with E-state index in [2.05, 4.69) is 10.7 Å². The minimum absolute atomic E-state index is 0.318. The number of fused-ring (bicyclic) bond motifs is 1. The van der Waals surface area contributed by atoms with Gasteiger partial charge in [0.25, 0.3) is 5.91 Å². The summed E-state index contributed by atoms with van der Waals surface area (Å²) < 4.78 is 0. The van der Waals surface area contributed by atoms with Gasteiger partial charge in [-0.15, -0.1) is 11.3 Å². The first-order chi connectivity index (χ1) is 14.2. The molecule has 2 aromatic rings. The number of aliphatic hydroxyl groups is 1. The molecule has 0 saturated heterocycles. The van der Waals surface area contributed by atoms with Crippen molar-refractivity contribution in [3.8, 4) is 0 Å². The second kappa shape index (κ2) is 9.18. The maximum absolute atomic E-state index is 13.2. The Balaban J connectivity index is 1.87. The maximum atomic E-state index is 13.2. The number of hydrogen-bond acceptors (Lipinski definition) is 4. The van der Waals surface area contributed by atoms with Gasteiger partial charge in [-0.25, -0.2) is 9.80 Å². The summed E-state index contributed by atoms with van der Waals surface area (Å²) in [5.41, 5.74) is 3.58. The largest absolute Gasteiger partial charge is 0.379 e. The molecule has 0 fully saturated rings. The SMILES string of the molecule is CC(C)C(O)(C(=O)NN(C(=O)Nc1csc2c1CCCC2)c1ccccc1)C(C)C. The van der Waals surface area contributed by atoms with Gasteiger partial charge in [-0.1, -0.05) is 45.9 Å². The van der Waals surface area contributed by atoms with E-state index >= 15 is 0 Å². The molecule has 1 heterocycles. The number of carbonyl (C=O) groups excluding carboxylic acids is 2. The van der Waals surface area contributed by atoms with Gasteiger partial charge in [-0.05, 0) is 55.2 Å². The van der Waals surface area contributed by atoms with E-state index in [1.54, 1.807) is 63.3 Å². The Labute approximate surface area is 182 Å². The first kappa shape index (κ1) is 22.3. The number of amides is 3. The summed E-state index contributed by atoms with van der Waals surface area (Å²) in [6.45, 7) is 7.18. The van der Waals surface area contributed by atoms with Crippen LogP contribution >= 0.6 is 11.3 Å². The Hall–Kier alpha value is -2.38. The molecule has 3 rings (SSSR count). The van der Waals surface area contributed by atoms with E-state index in [4.69, 9.17) is 0 Å². The van der Waals surface area contributed by atoms with Crippen LogP contribution in [0.3, 0.4) is 0 Å². The number of nitrogens with zero attached hydrogens (tertiary/aromatic N) is 1. The minimum atomic E-state index is -1.60. The molecule has 162 valence electrons. The first-order valence-electron chi connectivity index (χ1n) is 10.5. The van der Waals surface area contributed by atoms with Crippen LogP contribution in [0.1, 0.15) is 51.0 Å². The lowest BCUT2D eigenvalue weighted by molar-refractivity contribution is -0.150. The number of hydrogen-bond donors (Lipinski definition) is 3. The average molecular weight is 430 g/mol. The Morgan fingerprint density at radius 3 is 2.33 bits per heavy atom. The van der Waals surface area contributed by atoms with E-state index in [0.717, 1.165) is 24.9 Å². The number of rotatable bonds is 5. The second-order valence-electron chi connectivity index (χ2n) is 8.43. The normalized spacial score (nSPS) is 13.8. The van der Waals surface area contributed by atoms with Crippen molar-refractivity contribution in [1.82, 2.24) is 5.43 Å². The molecule has 0 bridgehead atoms. The third kappa shape index (κ3) is 4.37. The van der Waals surface area contributed by atoms with Crippen LogP contribution in [0.4, 0.5) is 16.2 Å². The summed E-state index contributed by atoms with van der Waals surface area (Å²) in [6, 6.07) is 8.46. The van der Waals surface area contributed by atoms with E-state index in [1.165, 1.54) is 21.9 Å². The van der Waals surface area contributed by atoms with Gasteiger partial charge in [0.15, 0.2) is 0 Å². The van der Waals surface area contributed by atoms with Gasteiger partial charge in [0.05, 0.1) is 11.4 Å². The molecule has 1 aliphatic carbocycles. The van der Waals surface area contributed by atoms with E-state index in [1.807, 2.05) is 11.4 Å². The smallest absolute Gasteiger partial charge is 0.345 e. The number of urea groups is 1. The van der Waals surface area contributed by atoms with Crippen LogP contribution < -0.4 is 15.8 Å². The van der Waals surface area contributed by atoms with Crippen molar-refractivity contribution >= 4 is 34.6 Å². The summed E-state index contributed by atoms with van der Waals surface area (Å²) in [5, 5.41) is 17.2. The zero-order chi connectivity index (χ0) is 21.9.